The van der Waals surface area contributed by atoms with Crippen LogP contribution in [-0.2, 0) is 0 Å². The molecular weight excluding hydrogens is 274 g/mol. The fourth-order valence-electron chi connectivity index (χ4n) is 2.76. The summed E-state index contributed by atoms with van der Waals surface area (Å²) in [6, 6.07) is 5.01. The Hall–Kier alpha value is -1.26. The minimum atomic E-state index is -0.0737. The van der Waals surface area contributed by atoms with Crippen molar-refractivity contribution in [1.29, 1.82) is 0 Å². The van der Waals surface area contributed by atoms with Gasteiger partial charge >= 0.3 is 0 Å². The van der Waals surface area contributed by atoms with Gasteiger partial charge in [0.1, 0.15) is 0 Å². The molecule has 1 saturated carbocycles. The Labute approximate surface area is 125 Å². The zero-order valence-corrected chi connectivity index (χ0v) is 13.1. The highest BCUT2D eigenvalue weighted by molar-refractivity contribution is 6.34. The first-order valence-corrected chi connectivity index (χ1v) is 7.21. The Morgan fingerprint density at radius 3 is 2.50 bits per heavy atom. The fraction of sp³-hybridized carbons (Fsp3) is 0.533. The molecule has 1 aliphatic carbocycles. The van der Waals surface area contributed by atoms with E-state index in [-0.39, 0.29) is 11.4 Å². The van der Waals surface area contributed by atoms with Gasteiger partial charge in [-0.15, -0.1) is 0 Å². The lowest BCUT2D eigenvalue weighted by molar-refractivity contribution is 0.0252. The Balaban J connectivity index is 2.14. The molecule has 0 bridgehead atoms. The van der Waals surface area contributed by atoms with E-state index in [9.17, 15) is 4.79 Å². The van der Waals surface area contributed by atoms with Crippen molar-refractivity contribution in [2.75, 3.05) is 33.4 Å². The quantitative estimate of drug-likeness (QED) is 0.868. The first-order chi connectivity index (χ1) is 9.35. The van der Waals surface area contributed by atoms with Gasteiger partial charge in [-0.2, -0.15) is 0 Å². The number of nitrogens with two attached hydrogens (primary N) is 1. The van der Waals surface area contributed by atoms with Crippen LogP contribution >= 0.6 is 11.6 Å². The lowest BCUT2D eigenvalue weighted by Gasteiger charge is -2.49. The monoisotopic (exact) mass is 295 g/mol. The van der Waals surface area contributed by atoms with Crippen LogP contribution in [0.5, 0.6) is 0 Å². The van der Waals surface area contributed by atoms with Gasteiger partial charge in [0, 0.05) is 24.8 Å². The lowest BCUT2D eigenvalue weighted by atomic mass is 9.75. The predicted octanol–water partition coefficient (Wildman–Crippen LogP) is 2.48. The van der Waals surface area contributed by atoms with Crippen LogP contribution < -0.4 is 5.73 Å². The number of hydrogen-bond acceptors (Lipinski definition) is 3. The molecule has 1 aromatic carbocycles. The Morgan fingerprint density at radius 2 is 2.00 bits per heavy atom. The molecular formula is C15H22ClN3O. The molecule has 0 aromatic heterocycles. The average Bonchev–Trinajstić information content (AvgIpc) is 2.35. The molecule has 1 aliphatic rings. The van der Waals surface area contributed by atoms with Crippen molar-refractivity contribution >= 4 is 23.2 Å². The minimum absolute atomic E-state index is 0.0737. The van der Waals surface area contributed by atoms with Gasteiger partial charge < -0.3 is 15.5 Å². The summed E-state index contributed by atoms with van der Waals surface area (Å²) in [5.41, 5.74) is 6.88. The second-order valence-corrected chi connectivity index (χ2v) is 6.28. The SMILES string of the molecule is CN(CC1(N(C)C)CCC1)C(=O)c1cc(N)ccc1Cl. The molecule has 4 nitrogen and oxygen atoms in total. The Kier molecular flexibility index (Phi) is 4.25. The number of anilines is 1. The molecule has 5 heteroatoms. The third-order valence-corrected chi connectivity index (χ3v) is 4.66. The summed E-state index contributed by atoms with van der Waals surface area (Å²) in [5, 5.41) is 0.448. The maximum atomic E-state index is 12.5. The molecule has 0 unspecified atom stereocenters. The summed E-state index contributed by atoms with van der Waals surface area (Å²) in [4.78, 5) is 16.5. The largest absolute Gasteiger partial charge is 0.399 e. The van der Waals surface area contributed by atoms with E-state index in [1.807, 2.05) is 7.05 Å². The van der Waals surface area contributed by atoms with Crippen LogP contribution in [0.25, 0.3) is 0 Å². The van der Waals surface area contributed by atoms with Gasteiger partial charge in [0.25, 0.3) is 5.91 Å². The smallest absolute Gasteiger partial charge is 0.255 e. The Morgan fingerprint density at radius 1 is 1.35 bits per heavy atom. The number of carbonyl (C=O) groups is 1. The highest BCUT2D eigenvalue weighted by Gasteiger charge is 2.40. The van der Waals surface area contributed by atoms with Crippen molar-refractivity contribution in [3.63, 3.8) is 0 Å². The minimum Gasteiger partial charge on any atom is -0.399 e. The molecule has 1 amide bonds. The second-order valence-electron chi connectivity index (χ2n) is 5.87. The summed E-state index contributed by atoms with van der Waals surface area (Å²) in [6.45, 7) is 0.712. The molecule has 0 atom stereocenters. The number of rotatable bonds is 4. The van der Waals surface area contributed by atoms with E-state index in [0.29, 0.717) is 22.8 Å². The summed E-state index contributed by atoms with van der Waals surface area (Å²) >= 11 is 6.10. The molecule has 0 saturated heterocycles. The maximum Gasteiger partial charge on any atom is 0.255 e. The lowest BCUT2D eigenvalue weighted by Crippen LogP contribution is -2.57. The molecule has 0 spiro atoms. The summed E-state index contributed by atoms with van der Waals surface area (Å²) in [7, 11) is 5.97. The number of amides is 1. The molecule has 1 aromatic rings. The maximum absolute atomic E-state index is 12.5. The molecule has 0 radical (unpaired) electrons. The van der Waals surface area contributed by atoms with Gasteiger partial charge in [-0.25, -0.2) is 0 Å². The molecule has 110 valence electrons. The third-order valence-electron chi connectivity index (χ3n) is 4.33. The number of halogens is 1. The zero-order valence-electron chi connectivity index (χ0n) is 12.3. The van der Waals surface area contributed by atoms with Crippen LogP contribution in [0.3, 0.4) is 0 Å². The molecule has 0 aliphatic heterocycles. The van der Waals surface area contributed by atoms with Crippen molar-refractivity contribution in [1.82, 2.24) is 9.80 Å². The second kappa shape index (κ2) is 5.62. The molecule has 1 fully saturated rings. The van der Waals surface area contributed by atoms with Gasteiger partial charge in [0.15, 0.2) is 0 Å². The van der Waals surface area contributed by atoms with Crippen LogP contribution in [-0.4, -0.2) is 48.9 Å². The zero-order chi connectivity index (χ0) is 14.9. The van der Waals surface area contributed by atoms with Crippen LogP contribution in [0.15, 0.2) is 18.2 Å². The van der Waals surface area contributed by atoms with E-state index < -0.39 is 0 Å². The number of nitrogens with zero attached hydrogens (tertiary/aromatic N) is 2. The number of hydrogen-bond donors (Lipinski definition) is 1. The van der Waals surface area contributed by atoms with Gasteiger partial charge in [0.05, 0.1) is 10.6 Å². The number of nitrogen functional groups attached to an aromatic ring is 1. The van der Waals surface area contributed by atoms with Crippen molar-refractivity contribution in [2.45, 2.75) is 24.8 Å². The number of likely N-dealkylation sites (N-methyl/N-ethyl adjacent to an activating group) is 2. The van der Waals surface area contributed by atoms with E-state index in [1.54, 1.807) is 23.1 Å². The van der Waals surface area contributed by atoms with E-state index in [4.69, 9.17) is 17.3 Å². The van der Waals surface area contributed by atoms with Crippen molar-refractivity contribution in [3.8, 4) is 0 Å². The van der Waals surface area contributed by atoms with E-state index in [2.05, 4.69) is 19.0 Å². The third kappa shape index (κ3) is 2.76. The first-order valence-electron chi connectivity index (χ1n) is 6.84. The van der Waals surface area contributed by atoms with Crippen molar-refractivity contribution < 1.29 is 4.79 Å². The van der Waals surface area contributed by atoms with Crippen molar-refractivity contribution in [2.24, 2.45) is 0 Å². The molecule has 20 heavy (non-hydrogen) atoms. The summed E-state index contributed by atoms with van der Waals surface area (Å²) in [6.07, 6.45) is 3.48. The van der Waals surface area contributed by atoms with E-state index >= 15 is 0 Å². The van der Waals surface area contributed by atoms with E-state index in [1.165, 1.54) is 6.42 Å². The highest BCUT2D eigenvalue weighted by atomic mass is 35.5. The molecule has 2 rings (SSSR count). The van der Waals surface area contributed by atoms with Crippen LogP contribution in [0, 0.1) is 0 Å². The van der Waals surface area contributed by atoms with Gasteiger partial charge in [-0.1, -0.05) is 11.6 Å². The molecule has 0 heterocycles. The topological polar surface area (TPSA) is 49.6 Å². The first kappa shape index (κ1) is 15.1. The van der Waals surface area contributed by atoms with Crippen LogP contribution in [0.2, 0.25) is 5.02 Å². The Bertz CT molecular complexity index is 512. The van der Waals surface area contributed by atoms with Crippen LogP contribution in [0.4, 0.5) is 5.69 Å². The summed E-state index contributed by atoms with van der Waals surface area (Å²) < 4.78 is 0. The summed E-state index contributed by atoms with van der Waals surface area (Å²) in [5.74, 6) is -0.0737. The molecule has 2 N–H and O–H groups in total. The van der Waals surface area contributed by atoms with E-state index in [0.717, 1.165) is 12.8 Å². The van der Waals surface area contributed by atoms with Gasteiger partial charge in [-0.3, -0.25) is 4.79 Å². The average molecular weight is 296 g/mol. The fourth-order valence-corrected chi connectivity index (χ4v) is 2.96. The van der Waals surface area contributed by atoms with Gasteiger partial charge in [-0.05, 0) is 51.6 Å². The van der Waals surface area contributed by atoms with Crippen molar-refractivity contribution in [3.05, 3.63) is 28.8 Å². The van der Waals surface area contributed by atoms with Gasteiger partial charge in [0.2, 0.25) is 0 Å². The number of carbonyl (C=O) groups excluding carboxylic acids is 1. The number of benzene rings is 1. The predicted molar refractivity (Wildman–Crippen MR) is 83.1 cm³/mol. The standard InChI is InChI=1S/C15H22ClN3O/c1-18(2)15(7-4-8-15)10-19(3)14(20)12-9-11(17)5-6-13(12)16/h5-6,9H,4,7-8,10,17H2,1-3H3. The highest BCUT2D eigenvalue weighted by Crippen LogP contribution is 2.37. The normalized spacial score (nSPS) is 16.9. The van der Waals surface area contributed by atoms with Crippen LogP contribution in [0.1, 0.15) is 29.6 Å².